The molecule has 0 unspecified atom stereocenters. The van der Waals surface area contributed by atoms with Crippen molar-refractivity contribution >= 4 is 12.2 Å². The Labute approximate surface area is 73.9 Å². The summed E-state index contributed by atoms with van der Waals surface area (Å²) in [7, 11) is 0. The zero-order valence-corrected chi connectivity index (χ0v) is 7.26. The Morgan fingerprint density at radius 3 is 2.54 bits per heavy atom. The minimum absolute atomic E-state index is 0.406. The first kappa shape index (κ1) is 9.25. The molecule has 0 atom stereocenters. The molecule has 0 saturated carbocycles. The molecule has 0 radical (unpaired) electrons. The summed E-state index contributed by atoms with van der Waals surface area (Å²) in [6.07, 6.45) is 4.70. The molecule has 0 spiro atoms. The molecule has 0 fully saturated rings. The van der Waals surface area contributed by atoms with Crippen LogP contribution < -0.4 is 21.8 Å². The van der Waals surface area contributed by atoms with Crippen LogP contribution in [-0.2, 0) is 0 Å². The molecule has 0 aliphatic heterocycles. The Morgan fingerprint density at radius 1 is 1.31 bits per heavy atom. The zero-order chi connectivity index (χ0) is 9.84. The molecule has 4 heteroatoms. The third kappa shape index (κ3) is 1.84. The van der Waals surface area contributed by atoms with Gasteiger partial charge in [0.1, 0.15) is 0 Å². The van der Waals surface area contributed by atoms with Crippen LogP contribution in [0.25, 0.3) is 12.2 Å². The van der Waals surface area contributed by atoms with Gasteiger partial charge in [-0.05, 0) is 13.0 Å². The summed E-state index contributed by atoms with van der Waals surface area (Å²) in [5.74, 6) is 0. The van der Waals surface area contributed by atoms with Crippen LogP contribution in [0.2, 0.25) is 0 Å². The van der Waals surface area contributed by atoms with Crippen LogP contribution in [0.4, 0.5) is 0 Å². The van der Waals surface area contributed by atoms with Gasteiger partial charge in [-0.15, -0.1) is 0 Å². The highest BCUT2D eigenvalue weighted by Crippen LogP contribution is 1.58. The summed E-state index contributed by atoms with van der Waals surface area (Å²) in [5.41, 5.74) is -0.906. The van der Waals surface area contributed by atoms with E-state index in [2.05, 4.69) is 16.5 Å². The van der Waals surface area contributed by atoms with Gasteiger partial charge in [0.25, 0.3) is 5.56 Å². The number of H-pyrrole nitrogens is 2. The largest absolute Gasteiger partial charge is 0.326 e. The molecule has 0 aliphatic rings. The second kappa shape index (κ2) is 3.71. The maximum absolute atomic E-state index is 11.2. The summed E-state index contributed by atoms with van der Waals surface area (Å²) in [6, 6.07) is 0. The average molecular weight is 178 g/mol. The predicted octanol–water partition coefficient (Wildman–Crippen LogP) is -1.17. The van der Waals surface area contributed by atoms with Crippen LogP contribution in [-0.4, -0.2) is 9.97 Å². The highest BCUT2D eigenvalue weighted by Gasteiger charge is 1.91. The van der Waals surface area contributed by atoms with E-state index >= 15 is 0 Å². The SMILES string of the molecule is C=C/C=c1/c(=O)[nH]c(=O)[nH]/c1=C/C. The summed E-state index contributed by atoms with van der Waals surface area (Å²) in [6.45, 7) is 5.22. The Balaban J connectivity index is 3.91. The van der Waals surface area contributed by atoms with Crippen molar-refractivity contribution in [2.75, 3.05) is 0 Å². The first-order valence-electron chi connectivity index (χ1n) is 3.80. The van der Waals surface area contributed by atoms with Crippen LogP contribution in [0.3, 0.4) is 0 Å². The van der Waals surface area contributed by atoms with Gasteiger partial charge in [0.15, 0.2) is 0 Å². The van der Waals surface area contributed by atoms with Crippen molar-refractivity contribution in [2.45, 2.75) is 6.92 Å². The molecule has 0 aliphatic carbocycles. The van der Waals surface area contributed by atoms with E-state index in [0.717, 1.165) is 0 Å². The molecule has 0 amide bonds. The minimum atomic E-state index is -0.501. The van der Waals surface area contributed by atoms with Gasteiger partial charge in [0.05, 0.1) is 10.6 Å². The maximum atomic E-state index is 11.2. The number of nitrogens with one attached hydrogen (secondary N) is 2. The Hall–Kier alpha value is -1.84. The van der Waals surface area contributed by atoms with Crippen molar-refractivity contribution in [1.29, 1.82) is 0 Å². The minimum Gasteiger partial charge on any atom is -0.307 e. The topological polar surface area (TPSA) is 65.7 Å². The molecule has 0 saturated heterocycles. The molecule has 1 aromatic rings. The van der Waals surface area contributed by atoms with Gasteiger partial charge in [-0.1, -0.05) is 18.7 Å². The van der Waals surface area contributed by atoms with E-state index in [1.54, 1.807) is 19.1 Å². The molecule has 1 heterocycles. The van der Waals surface area contributed by atoms with Gasteiger partial charge in [0, 0.05) is 0 Å². The quantitative estimate of drug-likeness (QED) is 0.569. The molecule has 0 bridgehead atoms. The van der Waals surface area contributed by atoms with Gasteiger partial charge < -0.3 is 4.98 Å². The molecule has 13 heavy (non-hydrogen) atoms. The van der Waals surface area contributed by atoms with Crippen LogP contribution >= 0.6 is 0 Å². The highest BCUT2D eigenvalue weighted by molar-refractivity contribution is 5.35. The van der Waals surface area contributed by atoms with Crippen LogP contribution in [0.15, 0.2) is 22.2 Å². The van der Waals surface area contributed by atoms with E-state index in [0.29, 0.717) is 10.6 Å². The van der Waals surface area contributed by atoms with Crippen molar-refractivity contribution < 1.29 is 0 Å². The van der Waals surface area contributed by atoms with E-state index in [9.17, 15) is 9.59 Å². The lowest BCUT2D eigenvalue weighted by Crippen LogP contribution is -2.48. The van der Waals surface area contributed by atoms with E-state index in [1.807, 2.05) is 0 Å². The summed E-state index contributed by atoms with van der Waals surface area (Å²) < 4.78 is 0. The molecular formula is C9H10N2O2. The fourth-order valence-corrected chi connectivity index (χ4v) is 1.02. The molecule has 68 valence electrons. The number of allylic oxidation sites excluding steroid dienone is 1. The van der Waals surface area contributed by atoms with E-state index in [1.165, 1.54) is 6.08 Å². The zero-order valence-electron chi connectivity index (χ0n) is 7.26. The maximum Gasteiger partial charge on any atom is 0.326 e. The lowest BCUT2D eigenvalue weighted by molar-refractivity contribution is 0.984. The van der Waals surface area contributed by atoms with Gasteiger partial charge in [-0.25, -0.2) is 4.79 Å². The van der Waals surface area contributed by atoms with Crippen molar-refractivity contribution in [2.24, 2.45) is 0 Å². The summed E-state index contributed by atoms with van der Waals surface area (Å²) in [4.78, 5) is 26.7. The van der Waals surface area contributed by atoms with Gasteiger partial charge in [-0.2, -0.15) is 0 Å². The van der Waals surface area contributed by atoms with Crippen molar-refractivity contribution in [3.8, 4) is 0 Å². The average Bonchev–Trinajstić information content (AvgIpc) is 2.09. The lowest BCUT2D eigenvalue weighted by Gasteiger charge is -1.87. The van der Waals surface area contributed by atoms with Crippen molar-refractivity contribution in [1.82, 2.24) is 9.97 Å². The van der Waals surface area contributed by atoms with Crippen LogP contribution in [0.5, 0.6) is 0 Å². The monoisotopic (exact) mass is 178 g/mol. The molecule has 1 aromatic heterocycles. The fourth-order valence-electron chi connectivity index (χ4n) is 1.02. The Bertz CT molecular complexity index is 534. The van der Waals surface area contributed by atoms with E-state index < -0.39 is 11.2 Å². The van der Waals surface area contributed by atoms with Crippen LogP contribution in [0, 0.1) is 0 Å². The second-order valence-electron chi connectivity index (χ2n) is 2.43. The molecule has 2 N–H and O–H groups in total. The summed E-state index contributed by atoms with van der Waals surface area (Å²) >= 11 is 0. The number of hydrogen-bond donors (Lipinski definition) is 2. The highest BCUT2D eigenvalue weighted by atomic mass is 16.2. The third-order valence-corrected chi connectivity index (χ3v) is 1.58. The molecule has 1 rings (SSSR count). The number of aromatic nitrogens is 2. The predicted molar refractivity (Wildman–Crippen MR) is 51.7 cm³/mol. The first-order chi connectivity index (χ1) is 6.19. The molecule has 0 aromatic carbocycles. The Morgan fingerprint density at radius 2 is 2.00 bits per heavy atom. The van der Waals surface area contributed by atoms with E-state index in [4.69, 9.17) is 0 Å². The lowest BCUT2D eigenvalue weighted by atomic mass is 10.3. The number of rotatable bonds is 1. The van der Waals surface area contributed by atoms with Gasteiger partial charge in [0.2, 0.25) is 0 Å². The van der Waals surface area contributed by atoms with Crippen molar-refractivity contribution in [3.05, 3.63) is 44.1 Å². The van der Waals surface area contributed by atoms with Gasteiger partial charge in [-0.3, -0.25) is 9.78 Å². The second-order valence-corrected chi connectivity index (χ2v) is 2.43. The molecule has 4 nitrogen and oxygen atoms in total. The summed E-state index contributed by atoms with van der Waals surface area (Å²) in [5, 5.41) is 0.922. The van der Waals surface area contributed by atoms with E-state index in [-0.39, 0.29) is 0 Å². The fraction of sp³-hybridized carbons (Fsp3) is 0.111. The smallest absolute Gasteiger partial charge is 0.307 e. The molecular weight excluding hydrogens is 168 g/mol. The standard InChI is InChI=1S/C9H10N2O2/c1-3-5-6-7(4-2)10-9(13)11-8(6)12/h3-5H,1H2,2H3,(H2,10,11,12,13)/b6-5+,7-4+. The van der Waals surface area contributed by atoms with Crippen LogP contribution in [0.1, 0.15) is 6.92 Å². The number of aromatic amines is 2. The Kier molecular flexibility index (Phi) is 2.64. The third-order valence-electron chi connectivity index (χ3n) is 1.58. The normalized spacial score (nSPS) is 13.3. The van der Waals surface area contributed by atoms with Gasteiger partial charge >= 0.3 is 5.69 Å². The first-order valence-corrected chi connectivity index (χ1v) is 3.80. The van der Waals surface area contributed by atoms with Crippen molar-refractivity contribution in [3.63, 3.8) is 0 Å². The number of hydrogen-bond acceptors (Lipinski definition) is 2.